The lowest BCUT2D eigenvalue weighted by Crippen LogP contribution is -2.65. The molecule has 4 aliphatic rings. The predicted molar refractivity (Wildman–Crippen MR) is 160 cm³/mol. The first-order chi connectivity index (χ1) is 20.4. The number of hydrogen-bond acceptors (Lipinski definition) is 6. The Morgan fingerprint density at radius 2 is 1.88 bits per heavy atom. The lowest BCUT2D eigenvalue weighted by Gasteiger charge is -2.64. The van der Waals surface area contributed by atoms with Crippen molar-refractivity contribution < 1.29 is 28.0 Å². The minimum Gasteiger partial charge on any atom is -0.490 e. The molecular weight excluding hydrogens is 548 g/mol. The Bertz CT molecular complexity index is 1380. The molecule has 1 heterocycles. The second-order valence-corrected chi connectivity index (χ2v) is 13.2. The van der Waals surface area contributed by atoms with E-state index >= 15 is 0 Å². The van der Waals surface area contributed by atoms with Gasteiger partial charge in [0.2, 0.25) is 11.8 Å². The zero-order chi connectivity index (χ0) is 30.9. The van der Waals surface area contributed by atoms with Gasteiger partial charge in [0.25, 0.3) is 0 Å². The highest BCUT2D eigenvalue weighted by atomic mass is 19.1. The maximum absolute atomic E-state index is 14.5. The van der Waals surface area contributed by atoms with Gasteiger partial charge in [-0.1, -0.05) is 50.2 Å². The van der Waals surface area contributed by atoms with Crippen LogP contribution in [-0.4, -0.2) is 62.2 Å². The Morgan fingerprint density at radius 1 is 1.14 bits per heavy atom. The number of hydrogen-bond donors (Lipinski definition) is 1. The van der Waals surface area contributed by atoms with Crippen molar-refractivity contribution in [1.82, 2.24) is 10.2 Å². The minimum atomic E-state index is -0.886. The van der Waals surface area contributed by atoms with Crippen LogP contribution in [0.2, 0.25) is 0 Å². The monoisotopic (exact) mass is 589 g/mol. The molecule has 1 aliphatic heterocycles. The van der Waals surface area contributed by atoms with Gasteiger partial charge in [0.1, 0.15) is 5.92 Å². The highest BCUT2D eigenvalue weighted by Crippen LogP contribution is 2.65. The largest absolute Gasteiger partial charge is 0.490 e. The molecule has 0 spiro atoms. The third-order valence-corrected chi connectivity index (χ3v) is 9.86. The predicted octanol–water partition coefficient (Wildman–Crippen LogP) is 4.36. The van der Waals surface area contributed by atoms with Gasteiger partial charge in [-0.2, -0.15) is 5.26 Å². The van der Waals surface area contributed by atoms with Crippen molar-refractivity contribution in [2.45, 2.75) is 70.5 Å². The molecule has 2 aromatic rings. The lowest BCUT2D eigenvalue weighted by atomic mass is 9.43. The number of carbonyl (C=O) groups excluding carboxylic acids is 2. The molecule has 1 N–H and O–H groups in total. The van der Waals surface area contributed by atoms with Gasteiger partial charge >= 0.3 is 7.12 Å². The van der Waals surface area contributed by atoms with E-state index in [4.69, 9.17) is 14.0 Å². The van der Waals surface area contributed by atoms with Crippen LogP contribution >= 0.6 is 0 Å². The summed E-state index contributed by atoms with van der Waals surface area (Å²) in [4.78, 5) is 26.8. The van der Waals surface area contributed by atoms with E-state index in [1.807, 2.05) is 36.4 Å². The van der Waals surface area contributed by atoms with Crippen molar-refractivity contribution >= 4 is 18.9 Å². The molecule has 0 aromatic heterocycles. The Hall–Kier alpha value is -3.42. The number of amides is 2. The zero-order valence-corrected chi connectivity index (χ0v) is 25.6. The molecule has 3 saturated carbocycles. The van der Waals surface area contributed by atoms with Crippen LogP contribution in [0.4, 0.5) is 4.39 Å². The summed E-state index contributed by atoms with van der Waals surface area (Å²) < 4.78 is 33.4. The highest BCUT2D eigenvalue weighted by Gasteiger charge is 2.68. The minimum absolute atomic E-state index is 0.0000395. The summed E-state index contributed by atoms with van der Waals surface area (Å²) in [7, 11) is 2.59. The molecule has 2 aromatic carbocycles. The van der Waals surface area contributed by atoms with Crippen LogP contribution in [0.1, 0.15) is 51.2 Å². The first-order valence-corrected chi connectivity index (χ1v) is 15.1. The number of benzene rings is 2. The quantitative estimate of drug-likeness (QED) is 0.391. The number of nitrogens with one attached hydrogen (secondary N) is 1. The van der Waals surface area contributed by atoms with Crippen molar-refractivity contribution in [3.63, 3.8) is 0 Å². The van der Waals surface area contributed by atoms with Gasteiger partial charge in [0, 0.05) is 14.1 Å². The maximum atomic E-state index is 14.5. The number of carbonyl (C=O) groups is 2. The van der Waals surface area contributed by atoms with Crippen molar-refractivity contribution in [2.24, 2.45) is 23.2 Å². The molecule has 6 atom stereocenters. The Morgan fingerprint density at radius 3 is 2.56 bits per heavy atom. The molecule has 2 amide bonds. The van der Waals surface area contributed by atoms with Crippen LogP contribution in [0.25, 0.3) is 0 Å². The molecule has 228 valence electrons. The fraction of sp³-hybridized carbons (Fsp3) is 0.545. The number of ether oxygens (including phenoxy) is 1. The number of halogens is 1. The Kier molecular flexibility index (Phi) is 8.87. The van der Waals surface area contributed by atoms with Gasteiger partial charge in [-0.25, -0.2) is 4.39 Å². The molecule has 0 radical (unpaired) electrons. The van der Waals surface area contributed by atoms with E-state index < -0.39 is 30.4 Å². The number of nitriles is 1. The van der Waals surface area contributed by atoms with E-state index in [9.17, 15) is 19.2 Å². The second kappa shape index (κ2) is 12.3. The van der Waals surface area contributed by atoms with E-state index in [-0.39, 0.29) is 48.5 Å². The van der Waals surface area contributed by atoms with E-state index in [1.54, 1.807) is 14.1 Å². The van der Waals surface area contributed by atoms with Crippen LogP contribution in [0.15, 0.2) is 48.5 Å². The summed E-state index contributed by atoms with van der Waals surface area (Å²) in [6, 6.07) is 16.2. The summed E-state index contributed by atoms with van der Waals surface area (Å²) in [5, 5.41) is 12.5. The molecule has 8 nitrogen and oxygen atoms in total. The third-order valence-electron chi connectivity index (χ3n) is 9.86. The van der Waals surface area contributed by atoms with Crippen molar-refractivity contribution in [3.05, 3.63) is 65.5 Å². The zero-order valence-electron chi connectivity index (χ0n) is 25.6. The van der Waals surface area contributed by atoms with Gasteiger partial charge in [-0.3, -0.25) is 9.59 Å². The van der Waals surface area contributed by atoms with Crippen LogP contribution in [0.5, 0.6) is 5.75 Å². The fourth-order valence-electron chi connectivity index (χ4n) is 7.21. The summed E-state index contributed by atoms with van der Waals surface area (Å²) in [6.07, 6.45) is 2.77. The van der Waals surface area contributed by atoms with Gasteiger partial charge in [0.15, 0.2) is 11.6 Å². The molecule has 10 heteroatoms. The average Bonchev–Trinajstić information content (AvgIpc) is 3.34. The van der Waals surface area contributed by atoms with E-state index in [0.717, 1.165) is 18.4 Å². The first kappa shape index (κ1) is 31.0. The third kappa shape index (κ3) is 6.29. The van der Waals surface area contributed by atoms with E-state index in [2.05, 4.69) is 26.1 Å². The topological polar surface area (TPSA) is 101 Å². The summed E-state index contributed by atoms with van der Waals surface area (Å²) >= 11 is 0. The SMILES string of the molecule is CN(C)C(=O)C(C#N)Cc1ccc(F)c(OCCC(=O)N[C@@H](Cc2ccccc2)B2O[C@@H]3C[C@@H]4C[C@@H](C4(C)C)[C@]3(C)O2)c1. The average molecular weight is 590 g/mol. The van der Waals surface area contributed by atoms with E-state index in [1.165, 1.54) is 23.1 Å². The molecule has 4 fully saturated rings. The molecule has 6 rings (SSSR count). The van der Waals surface area contributed by atoms with Crippen LogP contribution in [0.3, 0.4) is 0 Å². The number of nitrogens with zero attached hydrogens (tertiary/aromatic N) is 2. The van der Waals surface area contributed by atoms with Crippen molar-refractivity contribution in [3.8, 4) is 11.8 Å². The second-order valence-electron chi connectivity index (χ2n) is 13.2. The van der Waals surface area contributed by atoms with E-state index in [0.29, 0.717) is 23.8 Å². The van der Waals surface area contributed by atoms with Gasteiger partial charge in [-0.15, -0.1) is 0 Å². The summed E-state index contributed by atoms with van der Waals surface area (Å²) in [5.41, 5.74) is 1.47. The molecule has 3 aliphatic carbocycles. The smallest absolute Gasteiger partial charge is 0.482 e. The van der Waals surface area contributed by atoms with Crippen LogP contribution < -0.4 is 10.1 Å². The molecule has 1 unspecified atom stereocenters. The van der Waals surface area contributed by atoms with Crippen molar-refractivity contribution in [1.29, 1.82) is 5.26 Å². The standard InChI is InChI=1S/C33H41BFN3O5/c1-32(2)24-18-27(32)33(3)28(19-24)42-34(43-33)29(17-21-9-7-6-8-10-21)37-30(39)13-14-41-26-16-22(11-12-25(26)35)15-23(20-36)31(40)38(4)5/h6-12,16,23-24,27-29H,13-15,17-19H2,1-5H3,(H,37,39)/t23?,24-,27-,28+,29-,33-/m0/s1. The molecule has 43 heavy (non-hydrogen) atoms. The highest BCUT2D eigenvalue weighted by molar-refractivity contribution is 6.48. The summed E-state index contributed by atoms with van der Waals surface area (Å²) in [6.45, 7) is 6.74. The van der Waals surface area contributed by atoms with Crippen LogP contribution in [-0.2, 0) is 31.7 Å². The van der Waals surface area contributed by atoms with Gasteiger partial charge < -0.3 is 24.3 Å². The first-order valence-electron chi connectivity index (χ1n) is 15.1. The van der Waals surface area contributed by atoms with Gasteiger partial charge in [0.05, 0.1) is 36.7 Å². The fourth-order valence-corrected chi connectivity index (χ4v) is 7.21. The van der Waals surface area contributed by atoms with Crippen molar-refractivity contribution in [2.75, 3.05) is 20.7 Å². The molecule has 2 bridgehead atoms. The van der Waals surface area contributed by atoms with Crippen LogP contribution in [0, 0.1) is 40.3 Å². The Balaban J connectivity index is 1.21. The number of rotatable bonds is 11. The normalized spacial score (nSPS) is 26.3. The Labute approximate surface area is 254 Å². The molecule has 1 saturated heterocycles. The molecular formula is C33H41BFN3O5. The lowest BCUT2D eigenvalue weighted by molar-refractivity contribution is -0.199. The van der Waals surface area contributed by atoms with Gasteiger partial charge in [-0.05, 0) is 73.1 Å². The summed E-state index contributed by atoms with van der Waals surface area (Å²) in [5.74, 6) is -1.44. The maximum Gasteiger partial charge on any atom is 0.482 e.